The van der Waals surface area contributed by atoms with E-state index in [-0.39, 0.29) is 11.5 Å². The highest BCUT2D eigenvalue weighted by atomic mass is 31.2. The highest BCUT2D eigenvalue weighted by molar-refractivity contribution is 7.50. The third-order valence-corrected chi connectivity index (χ3v) is 5.27. The number of halogens is 2. The molecular formula is C19H16F2N3O3P. The van der Waals surface area contributed by atoms with Crippen LogP contribution in [0.3, 0.4) is 0 Å². The van der Waals surface area contributed by atoms with Crippen LogP contribution >= 0.6 is 7.60 Å². The van der Waals surface area contributed by atoms with E-state index < -0.39 is 19.2 Å². The van der Waals surface area contributed by atoms with Crippen LogP contribution in [-0.4, -0.2) is 24.3 Å². The van der Waals surface area contributed by atoms with Gasteiger partial charge in [-0.1, -0.05) is 24.3 Å². The molecule has 2 aromatic heterocycles. The number of benzene rings is 2. The zero-order chi connectivity index (χ0) is 20.1. The summed E-state index contributed by atoms with van der Waals surface area (Å²) >= 11 is 0. The average Bonchev–Trinajstić information content (AvgIpc) is 2.88. The Hall–Kier alpha value is -2.67. The molecular weight excluding hydrogens is 387 g/mol. The van der Waals surface area contributed by atoms with Crippen LogP contribution in [0.2, 0.25) is 0 Å². The first-order chi connectivity index (χ1) is 13.2. The topological polar surface area (TPSA) is 88.2 Å². The number of rotatable bonds is 4. The summed E-state index contributed by atoms with van der Waals surface area (Å²) in [5.74, 6) is -0.887. The van der Waals surface area contributed by atoms with Crippen molar-refractivity contribution >= 4 is 29.5 Å². The maximum atomic E-state index is 14.5. The lowest BCUT2D eigenvalue weighted by Gasteiger charge is -2.09. The Morgan fingerprint density at radius 3 is 2.43 bits per heavy atom. The van der Waals surface area contributed by atoms with Crippen LogP contribution in [0.25, 0.3) is 21.9 Å². The van der Waals surface area contributed by atoms with Crippen molar-refractivity contribution in [3.05, 3.63) is 71.2 Å². The normalized spacial score (nSPS) is 12.2. The standard InChI is InChI=1S/C19H16F2N3O3P/c1-11-22-8-17-19(23-11)18-15(21)6-14(20)7-16(18)24(17)9-12-2-4-13(5-3-12)10-28(25,26)27/h2-8H,9-10H2,1H3,(H2,25,26,27). The van der Waals surface area contributed by atoms with Crippen LogP contribution in [0.5, 0.6) is 0 Å². The quantitative estimate of drug-likeness (QED) is 0.505. The van der Waals surface area contributed by atoms with Crippen LogP contribution in [0, 0.1) is 18.6 Å². The zero-order valence-corrected chi connectivity index (χ0v) is 15.7. The Kier molecular flexibility index (Phi) is 4.50. The van der Waals surface area contributed by atoms with Crippen LogP contribution in [-0.2, 0) is 17.3 Å². The van der Waals surface area contributed by atoms with E-state index in [9.17, 15) is 13.3 Å². The fourth-order valence-electron chi connectivity index (χ4n) is 3.32. The van der Waals surface area contributed by atoms with Crippen LogP contribution in [0.15, 0.2) is 42.6 Å². The lowest BCUT2D eigenvalue weighted by Crippen LogP contribution is -2.01. The molecule has 0 aliphatic rings. The van der Waals surface area contributed by atoms with Crippen molar-refractivity contribution in [2.75, 3.05) is 0 Å². The Morgan fingerprint density at radius 2 is 1.75 bits per heavy atom. The largest absolute Gasteiger partial charge is 0.333 e. The van der Waals surface area contributed by atoms with Gasteiger partial charge in [0.2, 0.25) is 0 Å². The summed E-state index contributed by atoms with van der Waals surface area (Å²) in [6.07, 6.45) is 1.24. The minimum atomic E-state index is -4.15. The van der Waals surface area contributed by atoms with E-state index >= 15 is 0 Å². The van der Waals surface area contributed by atoms with Crippen LogP contribution in [0.1, 0.15) is 17.0 Å². The van der Waals surface area contributed by atoms with Crippen molar-refractivity contribution in [1.29, 1.82) is 0 Å². The number of fused-ring (bicyclic) bond motifs is 3. The highest BCUT2D eigenvalue weighted by Gasteiger charge is 2.18. The molecule has 4 aromatic rings. The molecule has 0 saturated carbocycles. The minimum Gasteiger partial charge on any atom is -0.333 e. The van der Waals surface area contributed by atoms with Gasteiger partial charge in [-0.3, -0.25) is 4.57 Å². The van der Waals surface area contributed by atoms with E-state index in [1.807, 2.05) is 0 Å². The number of nitrogens with zero attached hydrogens (tertiary/aromatic N) is 3. The molecule has 9 heteroatoms. The van der Waals surface area contributed by atoms with E-state index in [0.29, 0.717) is 34.5 Å². The Labute approximate surface area is 158 Å². The molecule has 0 saturated heterocycles. The SMILES string of the molecule is Cc1ncc2c(n1)c1c(F)cc(F)cc1n2Cc1ccc(CP(=O)(O)O)cc1. The van der Waals surface area contributed by atoms with Gasteiger partial charge in [-0.15, -0.1) is 0 Å². The summed E-state index contributed by atoms with van der Waals surface area (Å²) in [5.41, 5.74) is 2.67. The molecule has 6 nitrogen and oxygen atoms in total. The van der Waals surface area contributed by atoms with Crippen molar-refractivity contribution in [2.45, 2.75) is 19.6 Å². The summed E-state index contributed by atoms with van der Waals surface area (Å²) in [4.78, 5) is 26.7. The van der Waals surface area contributed by atoms with Crippen molar-refractivity contribution in [1.82, 2.24) is 14.5 Å². The highest BCUT2D eigenvalue weighted by Crippen LogP contribution is 2.39. The summed E-state index contributed by atoms with van der Waals surface area (Å²) < 4.78 is 41.2. The first-order valence-electron chi connectivity index (χ1n) is 8.44. The second kappa shape index (κ2) is 6.74. The second-order valence-corrected chi connectivity index (χ2v) is 8.30. The van der Waals surface area contributed by atoms with E-state index in [0.717, 1.165) is 11.6 Å². The van der Waals surface area contributed by atoms with Gasteiger partial charge in [-0.25, -0.2) is 18.7 Å². The number of aryl methyl sites for hydroxylation is 1. The van der Waals surface area contributed by atoms with Gasteiger partial charge in [0.15, 0.2) is 0 Å². The predicted molar refractivity (Wildman–Crippen MR) is 101 cm³/mol. The number of hydrogen-bond donors (Lipinski definition) is 2. The molecule has 0 bridgehead atoms. The summed E-state index contributed by atoms with van der Waals surface area (Å²) in [6.45, 7) is 2.00. The third-order valence-electron chi connectivity index (χ3n) is 4.49. The molecule has 0 amide bonds. The molecule has 0 radical (unpaired) electrons. The first-order valence-corrected chi connectivity index (χ1v) is 10.2. The minimum absolute atomic E-state index is 0.236. The Morgan fingerprint density at radius 1 is 1.07 bits per heavy atom. The Balaban J connectivity index is 1.83. The van der Waals surface area contributed by atoms with Crippen LogP contribution < -0.4 is 0 Å². The monoisotopic (exact) mass is 403 g/mol. The third kappa shape index (κ3) is 3.54. The molecule has 2 aromatic carbocycles. The number of aromatic nitrogens is 3. The van der Waals surface area contributed by atoms with Crippen LogP contribution in [0.4, 0.5) is 8.78 Å². The maximum absolute atomic E-state index is 14.5. The molecule has 2 heterocycles. The average molecular weight is 403 g/mol. The van der Waals surface area contributed by atoms with Gasteiger partial charge in [0, 0.05) is 12.6 Å². The first kappa shape index (κ1) is 18.7. The molecule has 0 unspecified atom stereocenters. The Bertz CT molecular complexity index is 1250. The van der Waals surface area contributed by atoms with E-state index in [1.165, 1.54) is 6.07 Å². The van der Waals surface area contributed by atoms with Gasteiger partial charge in [-0.2, -0.15) is 0 Å². The molecule has 144 valence electrons. The lowest BCUT2D eigenvalue weighted by atomic mass is 10.1. The van der Waals surface area contributed by atoms with Gasteiger partial charge >= 0.3 is 7.60 Å². The molecule has 0 spiro atoms. The fraction of sp³-hybridized carbons (Fsp3) is 0.158. The van der Waals surface area contributed by atoms with E-state index in [4.69, 9.17) is 9.79 Å². The molecule has 0 aliphatic heterocycles. The van der Waals surface area contributed by atoms with Gasteiger partial charge in [0.25, 0.3) is 0 Å². The zero-order valence-electron chi connectivity index (χ0n) is 14.8. The molecule has 4 rings (SSSR count). The smallest absolute Gasteiger partial charge is 0.329 e. The van der Waals surface area contributed by atoms with Crippen molar-refractivity contribution in [3.8, 4) is 0 Å². The molecule has 0 fully saturated rings. The second-order valence-electron chi connectivity index (χ2n) is 6.66. The molecule has 2 N–H and O–H groups in total. The summed E-state index contributed by atoms with van der Waals surface area (Å²) in [6, 6.07) is 8.81. The lowest BCUT2D eigenvalue weighted by molar-refractivity contribution is 0.371. The van der Waals surface area contributed by atoms with E-state index in [1.54, 1.807) is 42.0 Å². The van der Waals surface area contributed by atoms with Gasteiger partial charge < -0.3 is 14.4 Å². The molecule has 0 atom stereocenters. The summed E-state index contributed by atoms with van der Waals surface area (Å²) in [7, 11) is -4.15. The van der Waals surface area contributed by atoms with Crippen molar-refractivity contribution in [3.63, 3.8) is 0 Å². The molecule has 0 aliphatic carbocycles. The predicted octanol–water partition coefficient (Wildman–Crippen LogP) is 3.90. The molecule has 28 heavy (non-hydrogen) atoms. The van der Waals surface area contributed by atoms with Gasteiger partial charge in [-0.05, 0) is 24.1 Å². The maximum Gasteiger partial charge on any atom is 0.329 e. The number of hydrogen-bond acceptors (Lipinski definition) is 3. The van der Waals surface area contributed by atoms with Crippen molar-refractivity contribution < 1.29 is 23.1 Å². The fourth-order valence-corrected chi connectivity index (χ4v) is 4.01. The van der Waals surface area contributed by atoms with Gasteiger partial charge in [0.1, 0.15) is 23.0 Å². The van der Waals surface area contributed by atoms with Crippen molar-refractivity contribution in [2.24, 2.45) is 0 Å². The van der Waals surface area contributed by atoms with E-state index in [2.05, 4.69) is 9.97 Å². The van der Waals surface area contributed by atoms with Gasteiger partial charge in [0.05, 0.1) is 28.8 Å². The summed E-state index contributed by atoms with van der Waals surface area (Å²) in [5, 5.41) is 0.236.